The van der Waals surface area contributed by atoms with Crippen LogP contribution in [0, 0.1) is 11.8 Å². The van der Waals surface area contributed by atoms with Gasteiger partial charge in [-0.15, -0.1) is 0 Å². The van der Waals surface area contributed by atoms with Crippen molar-refractivity contribution in [1.29, 1.82) is 0 Å². The smallest absolute Gasteiger partial charge is 0.127 e. The molecule has 3 rings (SSSR count). The first-order valence-corrected chi connectivity index (χ1v) is 9.48. The summed E-state index contributed by atoms with van der Waals surface area (Å²) in [5.41, 5.74) is 2.26. The molecule has 1 aliphatic carbocycles. The van der Waals surface area contributed by atoms with E-state index in [1.807, 2.05) is 6.07 Å². The standard InChI is InChI=1S/C21H32O2/c1-5-6-7-8-15-11-18(22)20-17-13-21(4,23-19(20)12-15)10-9-16(17)14(2)3/h11-12,14,16-17,22H,5-10,13H2,1-4H3/t16-,17?,21-/m1/s1. The molecule has 1 unspecified atom stereocenters. The number of phenols is 1. The minimum atomic E-state index is -0.0441. The second kappa shape index (κ2) is 6.37. The Hall–Kier alpha value is -1.18. The zero-order valence-electron chi connectivity index (χ0n) is 15.2. The molecular weight excluding hydrogens is 284 g/mol. The Morgan fingerprint density at radius 1 is 1.30 bits per heavy atom. The summed E-state index contributed by atoms with van der Waals surface area (Å²) >= 11 is 0. The molecule has 3 atom stereocenters. The van der Waals surface area contributed by atoms with Gasteiger partial charge in [0, 0.05) is 5.56 Å². The second-order valence-electron chi connectivity index (χ2n) is 8.29. The van der Waals surface area contributed by atoms with Crippen molar-refractivity contribution in [2.45, 2.75) is 84.2 Å². The summed E-state index contributed by atoms with van der Waals surface area (Å²) < 4.78 is 6.39. The SMILES string of the molecule is CCCCCc1cc(O)c2c(c1)O[C@]1(C)CC[C@H](C(C)C)C2C1. The van der Waals surface area contributed by atoms with E-state index < -0.39 is 0 Å². The lowest BCUT2D eigenvalue weighted by Crippen LogP contribution is -2.45. The molecule has 0 aromatic heterocycles. The highest BCUT2D eigenvalue weighted by Crippen LogP contribution is 2.55. The predicted molar refractivity (Wildman–Crippen MR) is 95.3 cm³/mol. The van der Waals surface area contributed by atoms with E-state index in [1.165, 1.54) is 31.2 Å². The monoisotopic (exact) mass is 316 g/mol. The number of rotatable bonds is 5. The van der Waals surface area contributed by atoms with Crippen LogP contribution in [0.2, 0.25) is 0 Å². The Bertz CT molecular complexity index is 563. The number of aromatic hydroxyl groups is 1. The predicted octanol–water partition coefficient (Wildman–Crippen LogP) is 5.82. The third kappa shape index (κ3) is 3.22. The molecule has 0 saturated heterocycles. The maximum absolute atomic E-state index is 10.7. The molecule has 1 aromatic carbocycles. The molecule has 1 saturated carbocycles. The van der Waals surface area contributed by atoms with E-state index in [0.717, 1.165) is 30.6 Å². The van der Waals surface area contributed by atoms with Crippen LogP contribution >= 0.6 is 0 Å². The van der Waals surface area contributed by atoms with Gasteiger partial charge in [-0.05, 0) is 74.5 Å². The lowest BCUT2D eigenvalue weighted by Gasteiger charge is -2.49. The van der Waals surface area contributed by atoms with Gasteiger partial charge in [-0.25, -0.2) is 0 Å². The average Bonchev–Trinajstić information content (AvgIpc) is 2.46. The van der Waals surface area contributed by atoms with E-state index >= 15 is 0 Å². The maximum atomic E-state index is 10.7. The quantitative estimate of drug-likeness (QED) is 0.694. The Morgan fingerprint density at radius 2 is 2.09 bits per heavy atom. The van der Waals surface area contributed by atoms with Crippen LogP contribution in [0.5, 0.6) is 11.5 Å². The number of hydrogen-bond donors (Lipinski definition) is 1. The van der Waals surface area contributed by atoms with Crippen molar-refractivity contribution in [3.63, 3.8) is 0 Å². The number of aryl methyl sites for hydroxylation is 1. The van der Waals surface area contributed by atoms with Gasteiger partial charge < -0.3 is 9.84 Å². The lowest BCUT2D eigenvalue weighted by molar-refractivity contribution is -0.00866. The molecule has 2 aliphatic rings. The first-order valence-electron chi connectivity index (χ1n) is 9.48. The van der Waals surface area contributed by atoms with Crippen molar-refractivity contribution in [3.05, 3.63) is 23.3 Å². The van der Waals surface area contributed by atoms with Crippen molar-refractivity contribution in [2.75, 3.05) is 0 Å². The van der Waals surface area contributed by atoms with Gasteiger partial charge in [0.15, 0.2) is 0 Å². The molecule has 2 bridgehead atoms. The number of ether oxygens (including phenoxy) is 1. The van der Waals surface area contributed by atoms with Gasteiger partial charge in [0.1, 0.15) is 17.1 Å². The normalized spacial score (nSPS) is 29.3. The third-order valence-electron chi connectivity index (χ3n) is 6.01. The van der Waals surface area contributed by atoms with E-state index in [4.69, 9.17) is 4.74 Å². The highest BCUT2D eigenvalue weighted by atomic mass is 16.5. The number of unbranched alkanes of at least 4 members (excludes halogenated alkanes) is 2. The van der Waals surface area contributed by atoms with Crippen molar-refractivity contribution in [2.24, 2.45) is 11.8 Å². The van der Waals surface area contributed by atoms with Crippen LogP contribution in [0.15, 0.2) is 12.1 Å². The fraction of sp³-hybridized carbons (Fsp3) is 0.714. The van der Waals surface area contributed by atoms with Gasteiger partial charge >= 0.3 is 0 Å². The van der Waals surface area contributed by atoms with Crippen LogP contribution < -0.4 is 4.74 Å². The minimum absolute atomic E-state index is 0.0441. The van der Waals surface area contributed by atoms with Gasteiger partial charge in [0.2, 0.25) is 0 Å². The van der Waals surface area contributed by atoms with Crippen molar-refractivity contribution >= 4 is 0 Å². The lowest BCUT2D eigenvalue weighted by atomic mass is 9.64. The van der Waals surface area contributed by atoms with Crippen LogP contribution in [0.3, 0.4) is 0 Å². The number of hydrogen-bond acceptors (Lipinski definition) is 2. The second-order valence-corrected chi connectivity index (χ2v) is 8.29. The summed E-state index contributed by atoms with van der Waals surface area (Å²) in [5.74, 6) is 3.18. The fourth-order valence-corrected chi connectivity index (χ4v) is 4.71. The number of phenolic OH excluding ortho intramolecular Hbond substituents is 1. The molecular formula is C21H32O2. The van der Waals surface area contributed by atoms with Gasteiger partial charge in [0.25, 0.3) is 0 Å². The summed E-state index contributed by atoms with van der Waals surface area (Å²) in [7, 11) is 0. The Kier molecular flexibility index (Phi) is 4.62. The van der Waals surface area contributed by atoms with Crippen LogP contribution in [0.25, 0.3) is 0 Å². The summed E-state index contributed by atoms with van der Waals surface area (Å²) in [6.07, 6.45) is 8.07. The van der Waals surface area contributed by atoms with Crippen molar-refractivity contribution in [3.8, 4) is 11.5 Å². The fourth-order valence-electron chi connectivity index (χ4n) is 4.71. The van der Waals surface area contributed by atoms with Crippen molar-refractivity contribution < 1.29 is 9.84 Å². The number of fused-ring (bicyclic) bond motifs is 4. The first-order chi connectivity index (χ1) is 10.9. The van der Waals surface area contributed by atoms with Crippen LogP contribution in [0.1, 0.15) is 83.3 Å². The summed E-state index contributed by atoms with van der Waals surface area (Å²) in [6.45, 7) is 9.11. The van der Waals surface area contributed by atoms with Crippen LogP contribution in [0.4, 0.5) is 0 Å². The molecule has 0 radical (unpaired) electrons. The molecule has 0 spiro atoms. The molecule has 128 valence electrons. The van der Waals surface area contributed by atoms with Gasteiger partial charge in [-0.1, -0.05) is 33.6 Å². The summed E-state index contributed by atoms with van der Waals surface area (Å²) in [5, 5.41) is 10.7. The molecule has 1 aromatic rings. The van der Waals surface area contributed by atoms with E-state index in [2.05, 4.69) is 33.8 Å². The van der Waals surface area contributed by atoms with Crippen LogP contribution in [-0.2, 0) is 6.42 Å². The Balaban J connectivity index is 1.94. The average molecular weight is 316 g/mol. The molecule has 1 heterocycles. The first kappa shape index (κ1) is 16.7. The maximum Gasteiger partial charge on any atom is 0.127 e. The largest absolute Gasteiger partial charge is 0.508 e. The number of benzene rings is 1. The molecule has 0 amide bonds. The minimum Gasteiger partial charge on any atom is -0.508 e. The van der Waals surface area contributed by atoms with Gasteiger partial charge in [-0.3, -0.25) is 0 Å². The van der Waals surface area contributed by atoms with Gasteiger partial charge in [-0.2, -0.15) is 0 Å². The summed E-state index contributed by atoms with van der Waals surface area (Å²) in [6, 6.07) is 4.20. The van der Waals surface area contributed by atoms with E-state index in [1.54, 1.807) is 0 Å². The summed E-state index contributed by atoms with van der Waals surface area (Å²) in [4.78, 5) is 0. The molecule has 2 heteroatoms. The molecule has 1 fully saturated rings. The molecule has 1 N–H and O–H groups in total. The van der Waals surface area contributed by atoms with Gasteiger partial charge in [0.05, 0.1) is 0 Å². The zero-order valence-corrected chi connectivity index (χ0v) is 15.2. The van der Waals surface area contributed by atoms with E-state index in [9.17, 15) is 5.11 Å². The Labute approximate surface area is 141 Å². The molecule has 1 aliphatic heterocycles. The molecule has 2 nitrogen and oxygen atoms in total. The van der Waals surface area contributed by atoms with E-state index in [0.29, 0.717) is 23.5 Å². The highest BCUT2D eigenvalue weighted by molar-refractivity contribution is 5.52. The van der Waals surface area contributed by atoms with Crippen LogP contribution in [-0.4, -0.2) is 10.7 Å². The highest BCUT2D eigenvalue weighted by Gasteiger charge is 2.46. The molecule has 23 heavy (non-hydrogen) atoms. The van der Waals surface area contributed by atoms with E-state index in [-0.39, 0.29) is 5.60 Å². The topological polar surface area (TPSA) is 29.5 Å². The zero-order chi connectivity index (χ0) is 16.6. The van der Waals surface area contributed by atoms with Crippen molar-refractivity contribution in [1.82, 2.24) is 0 Å². The Morgan fingerprint density at radius 3 is 2.78 bits per heavy atom. The third-order valence-corrected chi connectivity index (χ3v) is 6.01.